The second kappa shape index (κ2) is 4.13. The van der Waals surface area contributed by atoms with Crippen molar-refractivity contribution in [2.24, 2.45) is 0 Å². The van der Waals surface area contributed by atoms with Crippen molar-refractivity contribution in [3.63, 3.8) is 0 Å². The fourth-order valence-corrected chi connectivity index (χ4v) is 1.36. The Morgan fingerprint density at radius 2 is 2.38 bits per heavy atom. The van der Waals surface area contributed by atoms with E-state index in [9.17, 15) is 4.79 Å². The van der Waals surface area contributed by atoms with Crippen LogP contribution in [-0.4, -0.2) is 26.2 Å². The van der Waals surface area contributed by atoms with Gasteiger partial charge in [0, 0.05) is 5.56 Å². The topological polar surface area (TPSA) is 96.7 Å². The zero-order chi connectivity index (χ0) is 11.5. The van der Waals surface area contributed by atoms with Crippen LogP contribution in [0.15, 0.2) is 10.9 Å². The lowest BCUT2D eigenvalue weighted by Crippen LogP contribution is -2.16. The van der Waals surface area contributed by atoms with Crippen molar-refractivity contribution in [3.05, 3.63) is 23.3 Å². The normalized spacial score (nSPS) is 10.4. The molecule has 1 amide bonds. The standard InChI is InChI=1S/C9H11N5O2/c1-5-7(6(2)16-14-5)3-8(15)12-9-10-4-11-13-9/h4H,3H2,1-2H3,(H2,10,11,12,13,15). The van der Waals surface area contributed by atoms with E-state index in [0.29, 0.717) is 11.7 Å². The number of nitrogens with one attached hydrogen (secondary N) is 2. The highest BCUT2D eigenvalue weighted by Gasteiger charge is 2.13. The maximum absolute atomic E-state index is 11.6. The molecule has 0 aliphatic carbocycles. The number of carbonyl (C=O) groups excluding carboxylic acids is 1. The van der Waals surface area contributed by atoms with Gasteiger partial charge < -0.3 is 4.52 Å². The predicted molar refractivity (Wildman–Crippen MR) is 54.7 cm³/mol. The number of amides is 1. The zero-order valence-electron chi connectivity index (χ0n) is 8.94. The van der Waals surface area contributed by atoms with Crippen LogP contribution in [-0.2, 0) is 11.2 Å². The molecule has 84 valence electrons. The van der Waals surface area contributed by atoms with Crippen LogP contribution in [0.4, 0.5) is 5.95 Å². The van der Waals surface area contributed by atoms with Crippen molar-refractivity contribution in [1.29, 1.82) is 0 Å². The smallest absolute Gasteiger partial charge is 0.231 e. The van der Waals surface area contributed by atoms with E-state index in [4.69, 9.17) is 4.52 Å². The molecule has 0 radical (unpaired) electrons. The Morgan fingerprint density at radius 1 is 1.56 bits per heavy atom. The minimum absolute atomic E-state index is 0.189. The second-order valence-electron chi connectivity index (χ2n) is 3.36. The van der Waals surface area contributed by atoms with Gasteiger partial charge in [-0.3, -0.25) is 10.1 Å². The Kier molecular flexibility index (Phi) is 2.67. The summed E-state index contributed by atoms with van der Waals surface area (Å²) in [5.74, 6) is 0.799. The van der Waals surface area contributed by atoms with Crippen LogP contribution in [0.3, 0.4) is 0 Å². The van der Waals surface area contributed by atoms with Gasteiger partial charge in [-0.05, 0) is 13.8 Å². The number of H-pyrrole nitrogens is 1. The summed E-state index contributed by atoms with van der Waals surface area (Å²) in [6, 6.07) is 0. The third kappa shape index (κ3) is 2.08. The number of carbonyl (C=O) groups is 1. The molecular formula is C9H11N5O2. The monoisotopic (exact) mass is 221 g/mol. The molecule has 2 aromatic rings. The maximum atomic E-state index is 11.6. The fraction of sp³-hybridized carbons (Fsp3) is 0.333. The van der Waals surface area contributed by atoms with E-state index in [0.717, 1.165) is 11.3 Å². The van der Waals surface area contributed by atoms with Gasteiger partial charge in [0.25, 0.3) is 0 Å². The van der Waals surface area contributed by atoms with Crippen molar-refractivity contribution in [3.8, 4) is 0 Å². The lowest BCUT2D eigenvalue weighted by atomic mass is 10.1. The lowest BCUT2D eigenvalue weighted by molar-refractivity contribution is -0.115. The number of aromatic amines is 1. The highest BCUT2D eigenvalue weighted by Crippen LogP contribution is 2.13. The summed E-state index contributed by atoms with van der Waals surface area (Å²) in [7, 11) is 0. The van der Waals surface area contributed by atoms with Crippen LogP contribution < -0.4 is 5.32 Å². The van der Waals surface area contributed by atoms with E-state index in [-0.39, 0.29) is 12.3 Å². The van der Waals surface area contributed by atoms with Crippen LogP contribution in [0.25, 0.3) is 0 Å². The van der Waals surface area contributed by atoms with Gasteiger partial charge in [-0.2, -0.15) is 10.1 Å². The summed E-state index contributed by atoms with van der Waals surface area (Å²) >= 11 is 0. The van der Waals surface area contributed by atoms with Gasteiger partial charge >= 0.3 is 0 Å². The third-order valence-electron chi connectivity index (χ3n) is 2.19. The minimum Gasteiger partial charge on any atom is -0.361 e. The molecule has 0 spiro atoms. The van der Waals surface area contributed by atoms with Crippen LogP contribution >= 0.6 is 0 Å². The molecule has 0 aliphatic rings. The van der Waals surface area contributed by atoms with Gasteiger partial charge in [0.1, 0.15) is 12.1 Å². The van der Waals surface area contributed by atoms with Crippen molar-refractivity contribution < 1.29 is 9.32 Å². The van der Waals surface area contributed by atoms with E-state index in [1.165, 1.54) is 6.33 Å². The van der Waals surface area contributed by atoms with Crippen LogP contribution in [0, 0.1) is 13.8 Å². The number of anilines is 1. The molecule has 0 saturated heterocycles. The number of hydrogen-bond acceptors (Lipinski definition) is 5. The Morgan fingerprint density at radius 3 is 2.94 bits per heavy atom. The summed E-state index contributed by atoms with van der Waals surface area (Å²) in [5, 5.41) is 12.5. The molecule has 16 heavy (non-hydrogen) atoms. The van der Waals surface area contributed by atoms with Crippen molar-refractivity contribution in [2.45, 2.75) is 20.3 Å². The molecule has 2 heterocycles. The third-order valence-corrected chi connectivity index (χ3v) is 2.19. The average molecular weight is 221 g/mol. The van der Waals surface area contributed by atoms with Crippen molar-refractivity contribution in [2.75, 3.05) is 5.32 Å². The lowest BCUT2D eigenvalue weighted by Gasteiger charge is -2.00. The van der Waals surface area contributed by atoms with Gasteiger partial charge in [-0.25, -0.2) is 5.10 Å². The minimum atomic E-state index is -0.189. The first-order valence-electron chi connectivity index (χ1n) is 4.74. The molecule has 0 bridgehead atoms. The summed E-state index contributed by atoms with van der Waals surface area (Å²) in [6.07, 6.45) is 1.54. The van der Waals surface area contributed by atoms with Crippen LogP contribution in [0.5, 0.6) is 0 Å². The average Bonchev–Trinajstić information content (AvgIpc) is 2.83. The van der Waals surface area contributed by atoms with E-state index in [1.807, 2.05) is 0 Å². The molecule has 0 unspecified atom stereocenters. The Balaban J connectivity index is 2.03. The summed E-state index contributed by atoms with van der Waals surface area (Å²) in [5.41, 5.74) is 1.53. The molecule has 0 aliphatic heterocycles. The first-order chi connectivity index (χ1) is 7.66. The molecule has 0 aromatic carbocycles. The molecule has 7 nitrogen and oxygen atoms in total. The molecule has 2 N–H and O–H groups in total. The van der Waals surface area contributed by atoms with E-state index in [1.54, 1.807) is 13.8 Å². The van der Waals surface area contributed by atoms with E-state index < -0.39 is 0 Å². The largest absolute Gasteiger partial charge is 0.361 e. The number of rotatable bonds is 3. The molecule has 2 rings (SSSR count). The highest BCUT2D eigenvalue weighted by molar-refractivity contribution is 5.90. The molecule has 7 heteroatoms. The second-order valence-corrected chi connectivity index (χ2v) is 3.36. The Hall–Kier alpha value is -2.18. The number of aromatic nitrogens is 4. The Labute approximate surface area is 91.2 Å². The predicted octanol–water partition coefficient (Wildman–Crippen LogP) is 0.591. The van der Waals surface area contributed by atoms with E-state index >= 15 is 0 Å². The number of nitrogens with zero attached hydrogens (tertiary/aromatic N) is 3. The summed E-state index contributed by atoms with van der Waals surface area (Å²) < 4.78 is 4.97. The quantitative estimate of drug-likeness (QED) is 0.790. The summed E-state index contributed by atoms with van der Waals surface area (Å²) in [6.45, 7) is 3.57. The first-order valence-corrected chi connectivity index (χ1v) is 4.74. The van der Waals surface area contributed by atoms with Crippen LogP contribution in [0.1, 0.15) is 17.0 Å². The van der Waals surface area contributed by atoms with Crippen molar-refractivity contribution >= 4 is 11.9 Å². The van der Waals surface area contributed by atoms with Gasteiger partial charge in [0.2, 0.25) is 11.9 Å². The van der Waals surface area contributed by atoms with Gasteiger partial charge in [0.15, 0.2) is 0 Å². The zero-order valence-corrected chi connectivity index (χ0v) is 8.94. The number of hydrogen-bond donors (Lipinski definition) is 2. The first kappa shape index (κ1) is 10.3. The molecule has 2 aromatic heterocycles. The highest BCUT2D eigenvalue weighted by atomic mass is 16.5. The molecule has 0 atom stereocenters. The van der Waals surface area contributed by atoms with Gasteiger partial charge in [0.05, 0.1) is 12.1 Å². The molecule has 0 saturated carbocycles. The SMILES string of the molecule is Cc1noc(C)c1CC(=O)Nc1ncn[nH]1. The summed E-state index contributed by atoms with van der Waals surface area (Å²) in [4.78, 5) is 15.4. The maximum Gasteiger partial charge on any atom is 0.231 e. The molecule has 0 fully saturated rings. The van der Waals surface area contributed by atoms with E-state index in [2.05, 4.69) is 25.7 Å². The van der Waals surface area contributed by atoms with Crippen LogP contribution in [0.2, 0.25) is 0 Å². The molecular weight excluding hydrogens is 210 g/mol. The van der Waals surface area contributed by atoms with Gasteiger partial charge in [-0.15, -0.1) is 0 Å². The Bertz CT molecular complexity index is 468. The number of aryl methyl sites for hydroxylation is 2. The fourth-order valence-electron chi connectivity index (χ4n) is 1.36. The van der Waals surface area contributed by atoms with Crippen molar-refractivity contribution in [1.82, 2.24) is 20.3 Å². The van der Waals surface area contributed by atoms with Gasteiger partial charge in [-0.1, -0.05) is 5.16 Å².